The molecule has 2 amide bonds. The minimum absolute atomic E-state index is 0.0967. The zero-order valence-corrected chi connectivity index (χ0v) is 15.6. The van der Waals surface area contributed by atoms with Gasteiger partial charge in [0.25, 0.3) is 11.8 Å². The first-order chi connectivity index (χ1) is 13.5. The first-order valence-electron chi connectivity index (χ1n) is 8.78. The highest BCUT2D eigenvalue weighted by Gasteiger charge is 2.37. The van der Waals surface area contributed by atoms with Crippen LogP contribution in [0.15, 0.2) is 72.8 Å². The molecule has 1 unspecified atom stereocenters. The minimum atomic E-state index is -0.848. The molecule has 0 aromatic heterocycles. The van der Waals surface area contributed by atoms with Crippen LogP contribution in [-0.2, 0) is 11.3 Å². The summed E-state index contributed by atoms with van der Waals surface area (Å²) in [7, 11) is 0. The van der Waals surface area contributed by atoms with Gasteiger partial charge in [-0.15, -0.1) is 0 Å². The number of hydrogen-bond acceptors (Lipinski definition) is 3. The lowest BCUT2D eigenvalue weighted by molar-refractivity contribution is -0.120. The Bertz CT molecular complexity index is 1050. The quantitative estimate of drug-likeness (QED) is 0.647. The summed E-state index contributed by atoms with van der Waals surface area (Å²) in [4.78, 5) is 27.7. The number of aromatic hydroxyl groups is 1. The topological polar surface area (TPSA) is 69.6 Å². The summed E-state index contributed by atoms with van der Waals surface area (Å²) < 4.78 is 0. The van der Waals surface area contributed by atoms with E-state index in [0.29, 0.717) is 22.7 Å². The highest BCUT2D eigenvalue weighted by Crippen LogP contribution is 2.34. The zero-order valence-electron chi connectivity index (χ0n) is 14.8. The van der Waals surface area contributed by atoms with Gasteiger partial charge in [0.1, 0.15) is 11.8 Å². The van der Waals surface area contributed by atoms with Crippen molar-refractivity contribution in [3.05, 3.63) is 94.5 Å². The van der Waals surface area contributed by atoms with Gasteiger partial charge in [-0.05, 0) is 35.4 Å². The van der Waals surface area contributed by atoms with Gasteiger partial charge in [0.2, 0.25) is 0 Å². The number of halogens is 1. The molecule has 0 radical (unpaired) electrons. The number of fused-ring (bicyclic) bond motifs is 1. The molecule has 1 aliphatic heterocycles. The van der Waals surface area contributed by atoms with E-state index in [1.807, 2.05) is 36.4 Å². The number of hydrogen-bond donors (Lipinski definition) is 2. The average molecular weight is 393 g/mol. The Hall–Kier alpha value is -3.31. The molecule has 1 heterocycles. The van der Waals surface area contributed by atoms with Crippen LogP contribution >= 0.6 is 11.6 Å². The predicted octanol–water partition coefficient (Wildman–Crippen LogP) is 4.38. The third-order valence-corrected chi connectivity index (χ3v) is 4.98. The van der Waals surface area contributed by atoms with Gasteiger partial charge in [-0.3, -0.25) is 9.59 Å². The second kappa shape index (κ2) is 7.37. The Balaban J connectivity index is 1.70. The third kappa shape index (κ3) is 3.32. The van der Waals surface area contributed by atoms with Gasteiger partial charge in [0, 0.05) is 17.1 Å². The summed E-state index contributed by atoms with van der Waals surface area (Å²) in [5, 5.41) is 13.1. The number of nitrogens with zero attached hydrogens (tertiary/aromatic N) is 1. The van der Waals surface area contributed by atoms with E-state index in [1.165, 1.54) is 23.1 Å². The van der Waals surface area contributed by atoms with Crippen molar-refractivity contribution in [2.75, 3.05) is 5.32 Å². The molecule has 3 aromatic carbocycles. The number of benzene rings is 3. The number of amides is 2. The Morgan fingerprint density at radius 1 is 1.04 bits per heavy atom. The van der Waals surface area contributed by atoms with E-state index >= 15 is 0 Å². The summed E-state index contributed by atoms with van der Waals surface area (Å²) >= 11 is 5.98. The minimum Gasteiger partial charge on any atom is -0.506 e. The molecule has 1 atom stereocenters. The predicted molar refractivity (Wildman–Crippen MR) is 107 cm³/mol. The van der Waals surface area contributed by atoms with Gasteiger partial charge in [-0.1, -0.05) is 60.1 Å². The molecule has 0 spiro atoms. The van der Waals surface area contributed by atoms with Crippen molar-refractivity contribution in [1.29, 1.82) is 0 Å². The van der Waals surface area contributed by atoms with Crippen LogP contribution in [0.1, 0.15) is 27.5 Å². The number of nitrogens with one attached hydrogen (secondary N) is 1. The van der Waals surface area contributed by atoms with Crippen molar-refractivity contribution in [3.63, 3.8) is 0 Å². The monoisotopic (exact) mass is 392 g/mol. The summed E-state index contributed by atoms with van der Waals surface area (Å²) in [6.45, 7) is 0.337. The number of carbonyl (C=O) groups is 2. The van der Waals surface area contributed by atoms with Crippen LogP contribution in [0.25, 0.3) is 0 Å². The van der Waals surface area contributed by atoms with Crippen molar-refractivity contribution >= 4 is 29.1 Å². The fourth-order valence-electron chi connectivity index (χ4n) is 3.40. The Morgan fingerprint density at radius 3 is 2.50 bits per heavy atom. The van der Waals surface area contributed by atoms with Gasteiger partial charge < -0.3 is 15.3 Å². The molecule has 28 heavy (non-hydrogen) atoms. The first kappa shape index (κ1) is 18.1. The van der Waals surface area contributed by atoms with Crippen molar-refractivity contribution in [2.24, 2.45) is 0 Å². The molecule has 0 fully saturated rings. The third-order valence-electron chi connectivity index (χ3n) is 4.74. The molecule has 0 saturated heterocycles. The Morgan fingerprint density at radius 2 is 1.75 bits per heavy atom. The summed E-state index contributed by atoms with van der Waals surface area (Å²) in [5.41, 5.74) is 2.36. The largest absolute Gasteiger partial charge is 0.506 e. The van der Waals surface area contributed by atoms with E-state index in [1.54, 1.807) is 18.2 Å². The highest BCUT2D eigenvalue weighted by molar-refractivity contribution is 6.31. The van der Waals surface area contributed by atoms with Crippen molar-refractivity contribution < 1.29 is 14.7 Å². The second-order valence-corrected chi connectivity index (χ2v) is 6.99. The molecule has 6 heteroatoms. The first-order valence-corrected chi connectivity index (χ1v) is 9.15. The van der Waals surface area contributed by atoms with Crippen LogP contribution in [0, 0.1) is 0 Å². The smallest absolute Gasteiger partial charge is 0.255 e. The van der Waals surface area contributed by atoms with Crippen LogP contribution in [0.2, 0.25) is 5.02 Å². The van der Waals surface area contributed by atoms with Gasteiger partial charge in [-0.25, -0.2) is 0 Å². The van der Waals surface area contributed by atoms with E-state index in [2.05, 4.69) is 5.32 Å². The van der Waals surface area contributed by atoms with Crippen molar-refractivity contribution in [2.45, 2.75) is 12.6 Å². The van der Waals surface area contributed by atoms with Gasteiger partial charge in [0.15, 0.2) is 0 Å². The maximum absolute atomic E-state index is 13.2. The van der Waals surface area contributed by atoms with Crippen molar-refractivity contribution in [1.82, 2.24) is 4.90 Å². The lowest BCUT2D eigenvalue weighted by Crippen LogP contribution is -2.37. The zero-order chi connectivity index (χ0) is 19.7. The number of phenols is 1. The highest BCUT2D eigenvalue weighted by atomic mass is 35.5. The number of rotatable bonds is 4. The fraction of sp³-hybridized carbons (Fsp3) is 0.0909. The Kier molecular flexibility index (Phi) is 4.75. The average Bonchev–Trinajstić information content (AvgIpc) is 3.02. The molecule has 0 bridgehead atoms. The number of anilines is 1. The van der Waals surface area contributed by atoms with Crippen LogP contribution in [0.4, 0.5) is 5.69 Å². The summed E-state index contributed by atoms with van der Waals surface area (Å²) in [5.74, 6) is -0.722. The van der Waals surface area contributed by atoms with E-state index in [4.69, 9.17) is 11.6 Å². The maximum Gasteiger partial charge on any atom is 0.255 e. The van der Waals surface area contributed by atoms with E-state index < -0.39 is 11.9 Å². The van der Waals surface area contributed by atoms with Crippen LogP contribution in [0.5, 0.6) is 5.75 Å². The number of phenolic OH excluding ortho intramolecular Hbond substituents is 1. The van der Waals surface area contributed by atoms with Crippen LogP contribution < -0.4 is 5.32 Å². The van der Waals surface area contributed by atoms with E-state index in [0.717, 1.165) is 5.56 Å². The number of carbonyl (C=O) groups excluding carboxylic acids is 2. The van der Waals surface area contributed by atoms with Crippen molar-refractivity contribution in [3.8, 4) is 5.75 Å². The molecule has 5 nitrogen and oxygen atoms in total. The molecule has 2 N–H and O–H groups in total. The molecule has 3 aromatic rings. The fourth-order valence-corrected chi connectivity index (χ4v) is 3.58. The Labute approximate surface area is 167 Å². The molecular weight excluding hydrogens is 376 g/mol. The van der Waals surface area contributed by atoms with Gasteiger partial charge in [-0.2, -0.15) is 0 Å². The maximum atomic E-state index is 13.2. The molecule has 4 rings (SSSR count). The van der Waals surface area contributed by atoms with E-state index in [-0.39, 0.29) is 17.3 Å². The molecule has 140 valence electrons. The van der Waals surface area contributed by atoms with Gasteiger partial charge in [0.05, 0.1) is 5.69 Å². The van der Waals surface area contributed by atoms with Gasteiger partial charge >= 0.3 is 0 Å². The van der Waals surface area contributed by atoms with Crippen LogP contribution in [0.3, 0.4) is 0 Å². The molecular formula is C22H17ClN2O3. The molecule has 0 saturated carbocycles. The lowest BCUT2D eigenvalue weighted by Gasteiger charge is -2.27. The van der Waals surface area contributed by atoms with Crippen LogP contribution in [-0.4, -0.2) is 21.8 Å². The normalized spacial score (nSPS) is 13.9. The summed E-state index contributed by atoms with van der Waals surface area (Å²) in [6.07, 6.45) is 0. The molecule has 1 aliphatic rings. The standard InChI is InChI=1S/C22H17ClN2O3/c23-16-10-11-19(26)18(12-16)24-21(27)20(14-6-2-1-3-7-14)25-13-15-8-4-5-9-17(15)22(25)28/h1-12,20,26H,13H2,(H,24,27). The SMILES string of the molecule is O=C(Nc1cc(Cl)ccc1O)C(c1ccccc1)N1Cc2ccccc2C1=O. The lowest BCUT2D eigenvalue weighted by atomic mass is 10.0. The second-order valence-electron chi connectivity index (χ2n) is 6.55. The molecule has 0 aliphatic carbocycles. The van der Waals surface area contributed by atoms with E-state index in [9.17, 15) is 14.7 Å². The summed E-state index contributed by atoms with van der Waals surface area (Å²) in [6, 6.07) is 20.0.